The minimum atomic E-state index is 0.00875. The van der Waals surface area contributed by atoms with Gasteiger partial charge in [0, 0.05) is 6.20 Å². The van der Waals surface area contributed by atoms with E-state index >= 15 is 0 Å². The first-order chi connectivity index (χ1) is 7.27. The number of rotatable bonds is 2. The van der Waals surface area contributed by atoms with Crippen LogP contribution in [0.15, 0.2) is 47.7 Å². The fraction of sp³-hybridized carbons (Fsp3) is 0.0909. The summed E-state index contributed by atoms with van der Waals surface area (Å²) in [5.74, 6) is 0. The van der Waals surface area contributed by atoms with E-state index in [1.807, 2.05) is 52.9 Å². The Bertz CT molecular complexity index is 507. The molecular weight excluding hydrogens is 303 g/mol. The summed E-state index contributed by atoms with van der Waals surface area (Å²) in [7, 11) is 0. The van der Waals surface area contributed by atoms with Gasteiger partial charge in [0.1, 0.15) is 0 Å². The maximum atomic E-state index is 11.7. The van der Waals surface area contributed by atoms with Gasteiger partial charge in [0.2, 0.25) is 0 Å². The van der Waals surface area contributed by atoms with Gasteiger partial charge in [-0.15, -0.1) is 0 Å². The molecule has 0 fully saturated rings. The molecule has 0 aliphatic carbocycles. The summed E-state index contributed by atoms with van der Waals surface area (Å²) in [6.45, 7) is 0.573. The fourth-order valence-electron chi connectivity index (χ4n) is 1.32. The molecule has 0 aliphatic rings. The Kier molecular flexibility index (Phi) is 3.15. The Hall–Kier alpha value is -1.17. The van der Waals surface area contributed by atoms with Gasteiger partial charge in [0.15, 0.2) is 0 Å². The lowest BCUT2D eigenvalue weighted by atomic mass is 10.2. The molecule has 0 bridgehead atoms. The zero-order chi connectivity index (χ0) is 10.7. The van der Waals surface area contributed by atoms with E-state index in [1.54, 1.807) is 17.1 Å². The monoisotopic (exact) mass is 312 g/mol. The van der Waals surface area contributed by atoms with Crippen LogP contribution in [0.4, 0.5) is 0 Å². The molecular formula is C11H9IN2O. The lowest BCUT2D eigenvalue weighted by Crippen LogP contribution is -2.22. The molecule has 1 heterocycles. The van der Waals surface area contributed by atoms with Crippen LogP contribution >= 0.6 is 22.6 Å². The van der Waals surface area contributed by atoms with Crippen molar-refractivity contribution in [1.29, 1.82) is 0 Å². The maximum Gasteiger partial charge on any atom is 0.267 e. The first-order valence-electron chi connectivity index (χ1n) is 4.51. The van der Waals surface area contributed by atoms with Gasteiger partial charge in [-0.05, 0) is 28.2 Å². The molecule has 2 aromatic rings. The third kappa shape index (κ3) is 2.44. The van der Waals surface area contributed by atoms with Crippen LogP contribution in [-0.2, 0) is 6.54 Å². The van der Waals surface area contributed by atoms with E-state index in [0.717, 1.165) is 5.56 Å². The fourth-order valence-corrected chi connectivity index (χ4v) is 1.79. The Labute approximate surface area is 101 Å². The zero-order valence-corrected chi connectivity index (χ0v) is 10.1. The van der Waals surface area contributed by atoms with E-state index in [1.165, 1.54) is 0 Å². The van der Waals surface area contributed by atoms with Crippen molar-refractivity contribution < 1.29 is 0 Å². The van der Waals surface area contributed by atoms with Crippen molar-refractivity contribution in [2.45, 2.75) is 6.54 Å². The third-order valence-corrected chi connectivity index (χ3v) is 2.79. The van der Waals surface area contributed by atoms with Gasteiger partial charge < -0.3 is 0 Å². The van der Waals surface area contributed by atoms with Crippen molar-refractivity contribution in [2.24, 2.45) is 0 Å². The largest absolute Gasteiger partial charge is 0.294 e. The van der Waals surface area contributed by atoms with Gasteiger partial charge in [-0.25, -0.2) is 4.98 Å². The summed E-state index contributed by atoms with van der Waals surface area (Å²) in [5.41, 5.74) is 1.11. The summed E-state index contributed by atoms with van der Waals surface area (Å²) in [4.78, 5) is 15.7. The van der Waals surface area contributed by atoms with Crippen LogP contribution < -0.4 is 5.56 Å². The molecule has 0 atom stereocenters. The molecule has 0 spiro atoms. The van der Waals surface area contributed by atoms with E-state index in [0.29, 0.717) is 10.1 Å². The molecule has 0 N–H and O–H groups in total. The molecule has 15 heavy (non-hydrogen) atoms. The van der Waals surface area contributed by atoms with Crippen LogP contribution in [0.25, 0.3) is 0 Å². The Morgan fingerprint density at radius 3 is 2.73 bits per heavy atom. The van der Waals surface area contributed by atoms with Gasteiger partial charge >= 0.3 is 0 Å². The Morgan fingerprint density at radius 2 is 2.00 bits per heavy atom. The summed E-state index contributed by atoms with van der Waals surface area (Å²) in [6, 6.07) is 9.86. The first kappa shape index (κ1) is 10.4. The molecule has 0 aliphatic heterocycles. The second-order valence-electron chi connectivity index (χ2n) is 3.16. The van der Waals surface area contributed by atoms with Gasteiger partial charge in [-0.3, -0.25) is 9.36 Å². The molecule has 0 unspecified atom stereocenters. The standard InChI is InChI=1S/C11H9IN2O/c12-10-6-13-8-14(11(10)15)7-9-4-2-1-3-5-9/h1-6,8H,7H2. The van der Waals surface area contributed by atoms with Gasteiger partial charge in [-0.2, -0.15) is 0 Å². The molecule has 0 amide bonds. The highest BCUT2D eigenvalue weighted by atomic mass is 127. The normalized spacial score (nSPS) is 10.2. The second-order valence-corrected chi connectivity index (χ2v) is 4.32. The molecule has 1 aromatic carbocycles. The van der Waals surface area contributed by atoms with Crippen molar-refractivity contribution in [3.8, 4) is 0 Å². The Balaban J connectivity index is 2.33. The Morgan fingerprint density at radius 1 is 1.27 bits per heavy atom. The SMILES string of the molecule is O=c1c(I)cncn1Cc1ccccc1. The minimum Gasteiger partial charge on any atom is -0.294 e. The molecule has 76 valence electrons. The van der Waals surface area contributed by atoms with Gasteiger partial charge in [0.05, 0.1) is 16.4 Å². The quantitative estimate of drug-likeness (QED) is 0.794. The number of halogens is 1. The lowest BCUT2D eigenvalue weighted by Gasteiger charge is -2.04. The predicted molar refractivity (Wildman–Crippen MR) is 66.8 cm³/mol. The average Bonchev–Trinajstić information content (AvgIpc) is 2.26. The first-order valence-corrected chi connectivity index (χ1v) is 5.59. The highest BCUT2D eigenvalue weighted by Crippen LogP contribution is 2.01. The van der Waals surface area contributed by atoms with E-state index in [9.17, 15) is 4.79 Å². The number of hydrogen-bond acceptors (Lipinski definition) is 2. The predicted octanol–water partition coefficient (Wildman–Crippen LogP) is 1.90. The molecule has 2 rings (SSSR count). The van der Waals surface area contributed by atoms with E-state index in [2.05, 4.69) is 4.98 Å². The smallest absolute Gasteiger partial charge is 0.267 e. The zero-order valence-electron chi connectivity index (χ0n) is 7.93. The van der Waals surface area contributed by atoms with Crippen LogP contribution in [0, 0.1) is 3.57 Å². The summed E-state index contributed by atoms with van der Waals surface area (Å²) in [5, 5.41) is 0. The molecule has 0 saturated carbocycles. The topological polar surface area (TPSA) is 34.9 Å². The highest BCUT2D eigenvalue weighted by molar-refractivity contribution is 14.1. The van der Waals surface area contributed by atoms with Crippen molar-refractivity contribution >= 4 is 22.6 Å². The minimum absolute atomic E-state index is 0.00875. The molecule has 1 aromatic heterocycles. The maximum absolute atomic E-state index is 11.7. The van der Waals surface area contributed by atoms with E-state index < -0.39 is 0 Å². The van der Waals surface area contributed by atoms with Crippen molar-refractivity contribution in [2.75, 3.05) is 0 Å². The number of aromatic nitrogens is 2. The van der Waals surface area contributed by atoms with Gasteiger partial charge in [-0.1, -0.05) is 30.3 Å². The summed E-state index contributed by atoms with van der Waals surface area (Å²) >= 11 is 2.00. The number of hydrogen-bond donors (Lipinski definition) is 0. The van der Waals surface area contributed by atoms with E-state index in [4.69, 9.17) is 0 Å². The molecule has 0 radical (unpaired) electrons. The molecule has 4 heteroatoms. The van der Waals surface area contributed by atoms with Crippen LogP contribution in [0.2, 0.25) is 0 Å². The van der Waals surface area contributed by atoms with Crippen LogP contribution in [0.3, 0.4) is 0 Å². The summed E-state index contributed by atoms with van der Waals surface area (Å²) < 4.78 is 2.25. The van der Waals surface area contributed by atoms with Crippen molar-refractivity contribution in [3.05, 3.63) is 62.3 Å². The lowest BCUT2D eigenvalue weighted by molar-refractivity contribution is 0.730. The third-order valence-electron chi connectivity index (χ3n) is 2.05. The van der Waals surface area contributed by atoms with Crippen LogP contribution in [0.1, 0.15) is 5.56 Å². The van der Waals surface area contributed by atoms with Gasteiger partial charge in [0.25, 0.3) is 5.56 Å². The second kappa shape index (κ2) is 4.57. The number of benzene rings is 1. The van der Waals surface area contributed by atoms with Crippen molar-refractivity contribution in [1.82, 2.24) is 9.55 Å². The molecule has 0 saturated heterocycles. The number of nitrogens with zero attached hydrogens (tertiary/aromatic N) is 2. The van der Waals surface area contributed by atoms with Crippen LogP contribution in [-0.4, -0.2) is 9.55 Å². The highest BCUT2D eigenvalue weighted by Gasteiger charge is 2.00. The molecule has 3 nitrogen and oxygen atoms in total. The van der Waals surface area contributed by atoms with Crippen molar-refractivity contribution in [3.63, 3.8) is 0 Å². The summed E-state index contributed by atoms with van der Waals surface area (Å²) in [6.07, 6.45) is 3.14. The van der Waals surface area contributed by atoms with E-state index in [-0.39, 0.29) is 5.56 Å². The van der Waals surface area contributed by atoms with Crippen LogP contribution in [0.5, 0.6) is 0 Å². The average molecular weight is 312 g/mol.